The quantitative estimate of drug-likeness (QED) is 0.281. The number of hydrogen-bond acceptors (Lipinski definition) is 4. The number of aromatic nitrogens is 1. The standard InChI is InChI=1S/C28H29ClN2O3/c1-5-18(4)19-6-10-22(11-7-19)33-16-27(32)30-21-9-12-24(29)23(15-21)28-31-25-14-20(17(2)3)8-13-26(25)34-28/h6-15,17-18H,5,16H2,1-4H3,(H,30,32)/t18-/m1/s1. The van der Waals surface area contributed by atoms with Gasteiger partial charge in [-0.2, -0.15) is 0 Å². The summed E-state index contributed by atoms with van der Waals surface area (Å²) in [6.07, 6.45) is 1.08. The fourth-order valence-corrected chi connectivity index (χ4v) is 3.86. The molecule has 1 N–H and O–H groups in total. The third-order valence-electron chi connectivity index (χ3n) is 5.99. The first kappa shape index (κ1) is 23.8. The number of benzene rings is 3. The topological polar surface area (TPSA) is 64.4 Å². The molecule has 34 heavy (non-hydrogen) atoms. The molecule has 0 saturated carbocycles. The van der Waals surface area contributed by atoms with Crippen LogP contribution in [0.25, 0.3) is 22.6 Å². The second kappa shape index (κ2) is 10.3. The van der Waals surface area contributed by atoms with Gasteiger partial charge in [-0.1, -0.05) is 57.5 Å². The minimum atomic E-state index is -0.265. The molecule has 1 atom stereocenters. The van der Waals surface area contributed by atoms with Gasteiger partial charge in [-0.05, 0) is 71.8 Å². The first-order valence-corrected chi connectivity index (χ1v) is 11.9. The number of oxazole rings is 1. The van der Waals surface area contributed by atoms with Gasteiger partial charge in [0.2, 0.25) is 5.89 Å². The van der Waals surface area contributed by atoms with E-state index in [0.717, 1.165) is 11.9 Å². The van der Waals surface area contributed by atoms with Crippen molar-refractivity contribution < 1.29 is 13.9 Å². The maximum absolute atomic E-state index is 12.5. The number of rotatable bonds is 8. The number of fused-ring (bicyclic) bond motifs is 1. The van der Waals surface area contributed by atoms with Gasteiger partial charge in [0.1, 0.15) is 11.3 Å². The molecule has 1 aromatic heterocycles. The monoisotopic (exact) mass is 476 g/mol. The molecular weight excluding hydrogens is 448 g/mol. The zero-order chi connectivity index (χ0) is 24.2. The van der Waals surface area contributed by atoms with Crippen LogP contribution in [0.15, 0.2) is 65.1 Å². The number of halogens is 1. The second-order valence-corrected chi connectivity index (χ2v) is 9.22. The highest BCUT2D eigenvalue weighted by Gasteiger charge is 2.15. The van der Waals surface area contributed by atoms with Gasteiger partial charge in [0.25, 0.3) is 5.91 Å². The van der Waals surface area contributed by atoms with Crippen LogP contribution in [0.5, 0.6) is 5.75 Å². The Bertz CT molecular complexity index is 1300. The summed E-state index contributed by atoms with van der Waals surface area (Å²) in [5, 5.41) is 3.35. The van der Waals surface area contributed by atoms with Crippen molar-refractivity contribution in [1.82, 2.24) is 4.98 Å². The Morgan fingerprint density at radius 3 is 2.47 bits per heavy atom. The van der Waals surface area contributed by atoms with Crippen molar-refractivity contribution in [3.05, 3.63) is 76.8 Å². The molecule has 6 heteroatoms. The molecule has 0 radical (unpaired) electrons. The number of hydrogen-bond donors (Lipinski definition) is 1. The molecule has 5 nitrogen and oxygen atoms in total. The Labute approximate surface area is 205 Å². The van der Waals surface area contributed by atoms with Gasteiger partial charge in [-0.25, -0.2) is 4.98 Å². The van der Waals surface area contributed by atoms with Crippen LogP contribution in [0.2, 0.25) is 5.02 Å². The van der Waals surface area contributed by atoms with E-state index in [2.05, 4.69) is 38.0 Å². The van der Waals surface area contributed by atoms with Crippen LogP contribution < -0.4 is 10.1 Å². The van der Waals surface area contributed by atoms with Crippen LogP contribution in [0.1, 0.15) is 57.1 Å². The number of nitrogens with one attached hydrogen (secondary N) is 1. The van der Waals surface area contributed by atoms with Gasteiger partial charge in [0, 0.05) is 5.69 Å². The summed E-state index contributed by atoms with van der Waals surface area (Å²) in [5.41, 5.74) is 5.12. The highest BCUT2D eigenvalue weighted by atomic mass is 35.5. The molecule has 0 bridgehead atoms. The van der Waals surface area contributed by atoms with E-state index in [-0.39, 0.29) is 12.5 Å². The third-order valence-corrected chi connectivity index (χ3v) is 6.32. The first-order valence-electron chi connectivity index (χ1n) is 11.6. The van der Waals surface area contributed by atoms with Gasteiger partial charge in [0.05, 0.1) is 10.6 Å². The zero-order valence-electron chi connectivity index (χ0n) is 19.9. The molecule has 0 aliphatic heterocycles. The second-order valence-electron chi connectivity index (χ2n) is 8.81. The van der Waals surface area contributed by atoms with Crippen LogP contribution >= 0.6 is 11.6 Å². The summed E-state index contributed by atoms with van der Waals surface area (Å²) < 4.78 is 11.6. The molecule has 0 aliphatic carbocycles. The van der Waals surface area contributed by atoms with Gasteiger partial charge in [-0.15, -0.1) is 0 Å². The lowest BCUT2D eigenvalue weighted by molar-refractivity contribution is -0.118. The van der Waals surface area contributed by atoms with Crippen LogP contribution in [0.3, 0.4) is 0 Å². The SMILES string of the molecule is CC[C@@H](C)c1ccc(OCC(=O)Nc2ccc(Cl)c(-c3nc4cc(C(C)C)ccc4o3)c2)cc1. The Balaban J connectivity index is 1.44. The fraction of sp³-hybridized carbons (Fsp3) is 0.286. The van der Waals surface area contributed by atoms with Crippen molar-refractivity contribution >= 4 is 34.3 Å². The summed E-state index contributed by atoms with van der Waals surface area (Å²) in [7, 11) is 0. The number of carbonyl (C=O) groups is 1. The van der Waals surface area contributed by atoms with Crippen LogP contribution in [-0.2, 0) is 4.79 Å². The number of nitrogens with zero attached hydrogens (tertiary/aromatic N) is 1. The molecule has 176 valence electrons. The average Bonchev–Trinajstić information content (AvgIpc) is 3.27. The molecule has 4 aromatic rings. The van der Waals surface area contributed by atoms with E-state index in [0.29, 0.717) is 45.3 Å². The van der Waals surface area contributed by atoms with Gasteiger partial charge in [-0.3, -0.25) is 4.79 Å². The number of ether oxygens (including phenoxy) is 1. The molecule has 4 rings (SSSR count). The molecule has 0 aliphatic rings. The zero-order valence-corrected chi connectivity index (χ0v) is 20.6. The lowest BCUT2D eigenvalue weighted by atomic mass is 9.99. The number of amides is 1. The van der Waals surface area contributed by atoms with Crippen LogP contribution in [0.4, 0.5) is 5.69 Å². The fourth-order valence-electron chi connectivity index (χ4n) is 3.66. The summed E-state index contributed by atoms with van der Waals surface area (Å²) in [6, 6.07) is 19.1. The lowest BCUT2D eigenvalue weighted by Crippen LogP contribution is -2.20. The Hall–Kier alpha value is -3.31. The predicted molar refractivity (Wildman–Crippen MR) is 138 cm³/mol. The van der Waals surface area contributed by atoms with Gasteiger partial charge >= 0.3 is 0 Å². The third kappa shape index (κ3) is 5.42. The number of carbonyl (C=O) groups excluding carboxylic acids is 1. The van der Waals surface area contributed by atoms with Crippen molar-refractivity contribution in [1.29, 1.82) is 0 Å². The molecule has 3 aromatic carbocycles. The molecule has 0 fully saturated rings. The highest BCUT2D eigenvalue weighted by molar-refractivity contribution is 6.33. The van der Waals surface area contributed by atoms with Gasteiger partial charge in [0.15, 0.2) is 12.2 Å². The molecule has 1 amide bonds. The normalized spacial score (nSPS) is 12.2. The van der Waals surface area contributed by atoms with E-state index in [1.54, 1.807) is 18.2 Å². The Kier molecular flexibility index (Phi) is 7.23. The largest absolute Gasteiger partial charge is 0.484 e. The minimum absolute atomic E-state index is 0.0957. The van der Waals surface area contributed by atoms with Crippen LogP contribution in [0, 0.1) is 0 Å². The maximum Gasteiger partial charge on any atom is 0.262 e. The van der Waals surface area contributed by atoms with E-state index in [1.165, 1.54) is 11.1 Å². The summed E-state index contributed by atoms with van der Waals surface area (Å²) in [4.78, 5) is 17.1. The Morgan fingerprint density at radius 1 is 1.03 bits per heavy atom. The van der Waals surface area contributed by atoms with Crippen molar-refractivity contribution in [2.75, 3.05) is 11.9 Å². The summed E-state index contributed by atoms with van der Waals surface area (Å²) in [5.74, 6) is 1.70. The Morgan fingerprint density at radius 2 is 1.76 bits per heavy atom. The smallest absolute Gasteiger partial charge is 0.262 e. The highest BCUT2D eigenvalue weighted by Crippen LogP contribution is 2.33. The van der Waals surface area contributed by atoms with Gasteiger partial charge < -0.3 is 14.5 Å². The van der Waals surface area contributed by atoms with Crippen molar-refractivity contribution in [2.24, 2.45) is 0 Å². The van der Waals surface area contributed by atoms with Crippen molar-refractivity contribution in [3.8, 4) is 17.2 Å². The van der Waals surface area contributed by atoms with E-state index in [9.17, 15) is 4.79 Å². The van der Waals surface area contributed by atoms with E-state index in [1.807, 2.05) is 42.5 Å². The number of anilines is 1. The summed E-state index contributed by atoms with van der Waals surface area (Å²) >= 11 is 6.43. The van der Waals surface area contributed by atoms with E-state index in [4.69, 9.17) is 20.8 Å². The predicted octanol–water partition coefficient (Wildman–Crippen LogP) is 7.80. The van der Waals surface area contributed by atoms with Crippen molar-refractivity contribution in [2.45, 2.75) is 46.0 Å². The molecule has 0 saturated heterocycles. The molecular formula is C28H29ClN2O3. The minimum Gasteiger partial charge on any atom is -0.484 e. The maximum atomic E-state index is 12.5. The lowest BCUT2D eigenvalue weighted by Gasteiger charge is -2.11. The summed E-state index contributed by atoms with van der Waals surface area (Å²) in [6.45, 7) is 8.52. The van der Waals surface area contributed by atoms with E-state index < -0.39 is 0 Å². The van der Waals surface area contributed by atoms with E-state index >= 15 is 0 Å². The average molecular weight is 477 g/mol. The van der Waals surface area contributed by atoms with Crippen molar-refractivity contribution in [3.63, 3.8) is 0 Å². The molecule has 0 spiro atoms. The molecule has 0 unspecified atom stereocenters. The molecule has 1 heterocycles. The van der Waals surface area contributed by atoms with Crippen LogP contribution in [-0.4, -0.2) is 17.5 Å². The first-order chi connectivity index (χ1) is 16.3.